The predicted octanol–water partition coefficient (Wildman–Crippen LogP) is 4.84. The first kappa shape index (κ1) is 34.9. The second-order valence-corrected chi connectivity index (χ2v) is 11.6. The van der Waals surface area contributed by atoms with Crippen LogP contribution in [0.5, 0.6) is 0 Å². The van der Waals surface area contributed by atoms with E-state index in [0.717, 1.165) is 11.1 Å². The van der Waals surface area contributed by atoms with E-state index in [-0.39, 0.29) is 19.8 Å². The molecule has 3 aromatic rings. The summed E-state index contributed by atoms with van der Waals surface area (Å²) in [5, 5.41) is 10.9. The number of rotatable bonds is 14. The van der Waals surface area contributed by atoms with Gasteiger partial charge in [-0.1, -0.05) is 84.9 Å². The molecule has 47 heavy (non-hydrogen) atoms. The van der Waals surface area contributed by atoms with Gasteiger partial charge >= 0.3 is 5.97 Å². The molecule has 2 saturated heterocycles. The number of aliphatic hydroxyl groups is 1. The molecule has 252 valence electrons. The number of methoxy groups -OCH3 is 1. The standard InChI is InChI=1S/C37H44O10/c1-5-21-41-31-29(42-22-26-15-9-6-10-16-26)25(3)45-37(34(31)46-35(38)28-19-13-8-14-20-28)47-32-30(24(2)44-36(39)33(32)40-4)43-23-27-17-11-7-12-18-27/h5-20,24-25,29-34,36-37,39H,1,21-23H2,2-4H3/t24-,25-,29-,30-,31+,32+,33+,34+,36+,37-/m0/s1. The van der Waals surface area contributed by atoms with E-state index in [1.54, 1.807) is 37.3 Å². The summed E-state index contributed by atoms with van der Waals surface area (Å²) in [5.74, 6) is -0.586. The van der Waals surface area contributed by atoms with Gasteiger partial charge in [0.15, 0.2) is 18.7 Å². The highest BCUT2D eigenvalue weighted by atomic mass is 16.7. The minimum atomic E-state index is -1.31. The van der Waals surface area contributed by atoms with E-state index in [1.165, 1.54) is 7.11 Å². The molecule has 2 aliphatic rings. The van der Waals surface area contributed by atoms with Crippen LogP contribution < -0.4 is 0 Å². The van der Waals surface area contributed by atoms with Gasteiger partial charge in [0, 0.05) is 7.11 Å². The van der Waals surface area contributed by atoms with Crippen molar-refractivity contribution in [1.82, 2.24) is 0 Å². The van der Waals surface area contributed by atoms with Crippen LogP contribution in [0.3, 0.4) is 0 Å². The number of aliphatic hydroxyl groups excluding tert-OH is 1. The summed E-state index contributed by atoms with van der Waals surface area (Å²) in [6, 6.07) is 28.1. The molecule has 2 aliphatic heterocycles. The topological polar surface area (TPSA) is 111 Å². The highest BCUT2D eigenvalue weighted by Gasteiger charge is 2.53. The van der Waals surface area contributed by atoms with Crippen LogP contribution >= 0.6 is 0 Å². The second kappa shape index (κ2) is 17.1. The number of benzene rings is 3. The number of carbonyl (C=O) groups excluding carboxylic acids is 1. The first-order valence-electron chi connectivity index (χ1n) is 15.9. The number of hydrogen-bond donors (Lipinski definition) is 1. The minimum Gasteiger partial charge on any atom is -0.450 e. The van der Waals surface area contributed by atoms with Crippen molar-refractivity contribution in [1.29, 1.82) is 0 Å². The van der Waals surface area contributed by atoms with Gasteiger partial charge in [-0.05, 0) is 37.1 Å². The van der Waals surface area contributed by atoms with Crippen LogP contribution in [0.25, 0.3) is 0 Å². The van der Waals surface area contributed by atoms with E-state index >= 15 is 0 Å². The fraction of sp³-hybridized carbons (Fsp3) is 0.432. The van der Waals surface area contributed by atoms with E-state index in [0.29, 0.717) is 5.56 Å². The molecule has 0 aromatic heterocycles. The van der Waals surface area contributed by atoms with Crippen molar-refractivity contribution < 1.29 is 47.8 Å². The first-order valence-corrected chi connectivity index (χ1v) is 15.9. The van der Waals surface area contributed by atoms with Crippen molar-refractivity contribution >= 4 is 5.97 Å². The van der Waals surface area contributed by atoms with Gasteiger partial charge in [-0.3, -0.25) is 0 Å². The summed E-state index contributed by atoms with van der Waals surface area (Å²) in [6.45, 7) is 8.16. The molecule has 0 unspecified atom stereocenters. The lowest BCUT2D eigenvalue weighted by Gasteiger charge is -2.48. The van der Waals surface area contributed by atoms with E-state index in [2.05, 4.69) is 6.58 Å². The molecule has 3 aromatic carbocycles. The Bertz CT molecular complexity index is 1370. The zero-order chi connectivity index (χ0) is 33.2. The van der Waals surface area contributed by atoms with Gasteiger partial charge in [-0.25, -0.2) is 4.79 Å². The van der Waals surface area contributed by atoms with E-state index in [4.69, 9.17) is 37.9 Å². The lowest BCUT2D eigenvalue weighted by Crippen LogP contribution is -2.65. The van der Waals surface area contributed by atoms with E-state index < -0.39 is 67.4 Å². The molecular formula is C37H44O10. The van der Waals surface area contributed by atoms with Gasteiger partial charge in [0.05, 0.1) is 37.6 Å². The largest absolute Gasteiger partial charge is 0.450 e. The van der Waals surface area contributed by atoms with Crippen LogP contribution in [-0.4, -0.2) is 86.2 Å². The SMILES string of the molecule is C=CCO[C@@H]1[C@@H](OCc2ccccc2)[C@H](C)O[C@@H](O[C@@H]2[C@@H](OCc3ccccc3)[C@H](C)O[C@@H](O)[C@@H]2OC)[C@@H]1OC(=O)c1ccccc1. The maximum atomic E-state index is 13.5. The predicted molar refractivity (Wildman–Crippen MR) is 172 cm³/mol. The van der Waals surface area contributed by atoms with Crippen LogP contribution in [0, 0.1) is 0 Å². The van der Waals surface area contributed by atoms with Crippen molar-refractivity contribution in [3.05, 3.63) is 120 Å². The number of esters is 1. The minimum absolute atomic E-state index is 0.158. The molecule has 1 N–H and O–H groups in total. The summed E-state index contributed by atoms with van der Waals surface area (Å²) in [7, 11) is 1.46. The van der Waals surface area contributed by atoms with Crippen molar-refractivity contribution in [3.63, 3.8) is 0 Å². The zero-order valence-electron chi connectivity index (χ0n) is 27.0. The fourth-order valence-corrected chi connectivity index (χ4v) is 5.89. The molecule has 0 spiro atoms. The zero-order valence-corrected chi connectivity index (χ0v) is 27.0. The lowest BCUT2D eigenvalue weighted by atomic mass is 9.96. The Morgan fingerprint density at radius 2 is 1.26 bits per heavy atom. The van der Waals surface area contributed by atoms with Crippen molar-refractivity contribution in [2.24, 2.45) is 0 Å². The summed E-state index contributed by atoms with van der Waals surface area (Å²) < 4.78 is 49.8. The Balaban J connectivity index is 1.45. The second-order valence-electron chi connectivity index (χ2n) is 11.6. The highest BCUT2D eigenvalue weighted by Crippen LogP contribution is 2.35. The van der Waals surface area contributed by atoms with Crippen molar-refractivity contribution in [3.8, 4) is 0 Å². The van der Waals surface area contributed by atoms with Crippen LogP contribution in [0.2, 0.25) is 0 Å². The molecule has 0 aliphatic carbocycles. The third-order valence-electron chi connectivity index (χ3n) is 8.27. The van der Waals surface area contributed by atoms with Crippen LogP contribution in [0.4, 0.5) is 0 Å². The van der Waals surface area contributed by atoms with E-state index in [9.17, 15) is 9.90 Å². The summed E-state index contributed by atoms with van der Waals surface area (Å²) in [4.78, 5) is 13.5. The summed E-state index contributed by atoms with van der Waals surface area (Å²) >= 11 is 0. The molecule has 0 radical (unpaired) electrons. The number of carbonyl (C=O) groups is 1. The third-order valence-corrected chi connectivity index (χ3v) is 8.27. The summed E-state index contributed by atoms with van der Waals surface area (Å²) in [6.07, 6.45) is -7.07. The molecule has 2 heterocycles. The normalized spacial score (nSPS) is 30.8. The average molecular weight is 649 g/mol. The molecule has 0 bridgehead atoms. The maximum absolute atomic E-state index is 13.5. The molecular weight excluding hydrogens is 604 g/mol. The Morgan fingerprint density at radius 3 is 1.81 bits per heavy atom. The lowest BCUT2D eigenvalue weighted by molar-refractivity contribution is -0.359. The molecule has 0 saturated carbocycles. The Labute approximate surface area is 276 Å². The average Bonchev–Trinajstić information content (AvgIpc) is 3.09. The van der Waals surface area contributed by atoms with Crippen molar-refractivity contribution in [2.75, 3.05) is 13.7 Å². The molecule has 10 nitrogen and oxygen atoms in total. The van der Waals surface area contributed by atoms with Crippen LogP contribution in [0.1, 0.15) is 35.3 Å². The highest BCUT2D eigenvalue weighted by molar-refractivity contribution is 5.89. The first-order chi connectivity index (χ1) is 22.9. The van der Waals surface area contributed by atoms with Gasteiger partial charge in [0.25, 0.3) is 0 Å². The number of ether oxygens (including phenoxy) is 8. The Kier molecular flexibility index (Phi) is 12.7. The number of hydrogen-bond acceptors (Lipinski definition) is 10. The van der Waals surface area contributed by atoms with E-state index in [1.807, 2.05) is 73.7 Å². The molecule has 10 atom stereocenters. The van der Waals surface area contributed by atoms with Crippen LogP contribution in [0.15, 0.2) is 104 Å². The van der Waals surface area contributed by atoms with Gasteiger partial charge in [-0.15, -0.1) is 6.58 Å². The maximum Gasteiger partial charge on any atom is 0.338 e. The van der Waals surface area contributed by atoms with Gasteiger partial charge < -0.3 is 43.0 Å². The summed E-state index contributed by atoms with van der Waals surface area (Å²) in [5.41, 5.74) is 2.26. The molecule has 0 amide bonds. The monoisotopic (exact) mass is 648 g/mol. The smallest absolute Gasteiger partial charge is 0.338 e. The Morgan fingerprint density at radius 1 is 0.723 bits per heavy atom. The Hall–Kier alpha value is -3.45. The van der Waals surface area contributed by atoms with Crippen LogP contribution in [-0.2, 0) is 51.1 Å². The molecule has 10 heteroatoms. The van der Waals surface area contributed by atoms with Crippen molar-refractivity contribution in [2.45, 2.75) is 88.5 Å². The van der Waals surface area contributed by atoms with Gasteiger partial charge in [0.1, 0.15) is 30.5 Å². The van der Waals surface area contributed by atoms with Gasteiger partial charge in [-0.2, -0.15) is 0 Å². The molecule has 5 rings (SSSR count). The molecule has 2 fully saturated rings. The van der Waals surface area contributed by atoms with Gasteiger partial charge in [0.2, 0.25) is 0 Å². The quantitative estimate of drug-likeness (QED) is 0.193. The third kappa shape index (κ3) is 8.92. The fourth-order valence-electron chi connectivity index (χ4n) is 5.89.